The van der Waals surface area contributed by atoms with Gasteiger partial charge in [-0.3, -0.25) is 4.98 Å². The number of pyridine rings is 1. The lowest BCUT2D eigenvalue weighted by molar-refractivity contribution is 0.874. The molecule has 2 rings (SSSR count). The van der Waals surface area contributed by atoms with Crippen molar-refractivity contribution in [3.8, 4) is 11.5 Å². The van der Waals surface area contributed by atoms with Crippen molar-refractivity contribution in [2.24, 2.45) is 5.84 Å². The van der Waals surface area contributed by atoms with Crippen LogP contribution >= 0.6 is 0 Å². The first-order chi connectivity index (χ1) is 8.72. The lowest BCUT2D eigenvalue weighted by atomic mass is 10.2. The maximum absolute atomic E-state index is 5.43. The number of aromatic nitrogens is 3. The summed E-state index contributed by atoms with van der Waals surface area (Å²) in [4.78, 5) is 13.1. The topological polar surface area (TPSA) is 76.7 Å². The van der Waals surface area contributed by atoms with Gasteiger partial charge in [-0.25, -0.2) is 15.8 Å². The number of hydrogen-bond acceptors (Lipinski definition) is 5. The minimum absolute atomic E-state index is 0.609. The summed E-state index contributed by atoms with van der Waals surface area (Å²) in [7, 11) is 0. The molecule has 5 heteroatoms. The number of aryl methyl sites for hydroxylation is 2. The van der Waals surface area contributed by atoms with E-state index in [0.29, 0.717) is 11.6 Å². The van der Waals surface area contributed by atoms with Crippen molar-refractivity contribution in [3.05, 3.63) is 35.7 Å². The SMILES string of the molecule is CCCc1cc(NN)nc(-c2cc(C)ccn2)n1. The van der Waals surface area contributed by atoms with Crippen LogP contribution in [0.5, 0.6) is 0 Å². The lowest BCUT2D eigenvalue weighted by Crippen LogP contribution is -2.10. The van der Waals surface area contributed by atoms with Gasteiger partial charge in [0.15, 0.2) is 5.82 Å². The van der Waals surface area contributed by atoms with Gasteiger partial charge in [0.05, 0.1) is 0 Å². The third-order valence-corrected chi connectivity index (χ3v) is 2.58. The summed E-state index contributed by atoms with van der Waals surface area (Å²) in [6.07, 6.45) is 3.69. The number of rotatable bonds is 4. The number of anilines is 1. The van der Waals surface area contributed by atoms with Gasteiger partial charge in [-0.05, 0) is 31.0 Å². The number of hydrogen-bond donors (Lipinski definition) is 2. The number of nitrogen functional groups attached to an aromatic ring is 1. The molecule has 0 spiro atoms. The van der Waals surface area contributed by atoms with E-state index >= 15 is 0 Å². The maximum Gasteiger partial charge on any atom is 0.180 e. The molecule has 0 saturated carbocycles. The standard InChI is InChI=1S/C13H17N5/c1-3-4-10-8-12(18-14)17-13(16-10)11-7-9(2)5-6-15-11/h5-8H,3-4,14H2,1-2H3,(H,16,17,18). The van der Waals surface area contributed by atoms with E-state index in [1.165, 1.54) is 0 Å². The van der Waals surface area contributed by atoms with Crippen LogP contribution in [0.4, 0.5) is 5.82 Å². The van der Waals surface area contributed by atoms with E-state index in [1.807, 2.05) is 25.1 Å². The van der Waals surface area contributed by atoms with Crippen LogP contribution in [0.3, 0.4) is 0 Å². The van der Waals surface area contributed by atoms with Gasteiger partial charge >= 0.3 is 0 Å². The molecule has 0 amide bonds. The van der Waals surface area contributed by atoms with Crippen molar-refractivity contribution in [1.29, 1.82) is 0 Å². The molecule has 0 fully saturated rings. The lowest BCUT2D eigenvalue weighted by Gasteiger charge is -2.07. The minimum Gasteiger partial charge on any atom is -0.308 e. The van der Waals surface area contributed by atoms with Crippen LogP contribution in [-0.4, -0.2) is 15.0 Å². The molecule has 0 aliphatic heterocycles. The van der Waals surface area contributed by atoms with E-state index in [4.69, 9.17) is 5.84 Å². The normalized spacial score (nSPS) is 10.4. The Kier molecular flexibility index (Phi) is 3.84. The van der Waals surface area contributed by atoms with Crippen molar-refractivity contribution < 1.29 is 0 Å². The van der Waals surface area contributed by atoms with Crippen molar-refractivity contribution in [3.63, 3.8) is 0 Å². The molecule has 0 unspecified atom stereocenters. The molecule has 0 bridgehead atoms. The molecule has 0 radical (unpaired) electrons. The van der Waals surface area contributed by atoms with Crippen LogP contribution in [0.15, 0.2) is 24.4 Å². The van der Waals surface area contributed by atoms with Gasteiger partial charge in [-0.2, -0.15) is 0 Å². The van der Waals surface area contributed by atoms with E-state index < -0.39 is 0 Å². The zero-order chi connectivity index (χ0) is 13.0. The van der Waals surface area contributed by atoms with Crippen LogP contribution in [0, 0.1) is 6.92 Å². The highest BCUT2D eigenvalue weighted by Gasteiger charge is 2.07. The first kappa shape index (κ1) is 12.4. The predicted octanol–water partition coefficient (Wildman–Crippen LogP) is 2.09. The molecule has 0 atom stereocenters. The Labute approximate surface area is 106 Å². The Morgan fingerprint density at radius 1 is 1.28 bits per heavy atom. The quantitative estimate of drug-likeness (QED) is 0.635. The minimum atomic E-state index is 0.609. The molecule has 2 aromatic heterocycles. The molecule has 0 saturated heterocycles. The van der Waals surface area contributed by atoms with E-state index in [2.05, 4.69) is 27.3 Å². The number of nitrogens with two attached hydrogens (primary N) is 1. The first-order valence-corrected chi connectivity index (χ1v) is 6.00. The third kappa shape index (κ3) is 2.81. The van der Waals surface area contributed by atoms with Crippen molar-refractivity contribution in [2.45, 2.75) is 26.7 Å². The Morgan fingerprint density at radius 2 is 2.11 bits per heavy atom. The fraction of sp³-hybridized carbons (Fsp3) is 0.308. The Bertz CT molecular complexity index is 539. The maximum atomic E-state index is 5.43. The zero-order valence-corrected chi connectivity index (χ0v) is 10.6. The van der Waals surface area contributed by atoms with E-state index in [0.717, 1.165) is 29.8 Å². The molecule has 18 heavy (non-hydrogen) atoms. The summed E-state index contributed by atoms with van der Waals surface area (Å²) in [5.74, 6) is 6.66. The molecule has 2 aromatic rings. The highest BCUT2D eigenvalue weighted by molar-refractivity contribution is 5.53. The second kappa shape index (κ2) is 5.55. The molecule has 0 aliphatic carbocycles. The van der Waals surface area contributed by atoms with Gasteiger partial charge in [0.2, 0.25) is 0 Å². The summed E-state index contributed by atoms with van der Waals surface area (Å²) < 4.78 is 0. The third-order valence-electron chi connectivity index (χ3n) is 2.58. The summed E-state index contributed by atoms with van der Waals surface area (Å²) >= 11 is 0. The van der Waals surface area contributed by atoms with Gasteiger partial charge in [0, 0.05) is 18.0 Å². The molecule has 2 heterocycles. The van der Waals surface area contributed by atoms with Gasteiger partial charge in [0.25, 0.3) is 0 Å². The van der Waals surface area contributed by atoms with Crippen molar-refractivity contribution in [1.82, 2.24) is 15.0 Å². The second-order valence-electron chi connectivity index (χ2n) is 4.18. The first-order valence-electron chi connectivity index (χ1n) is 6.00. The highest BCUT2D eigenvalue weighted by atomic mass is 15.3. The molecular formula is C13H17N5. The smallest absolute Gasteiger partial charge is 0.180 e. The van der Waals surface area contributed by atoms with Crippen LogP contribution in [-0.2, 0) is 6.42 Å². The zero-order valence-electron chi connectivity index (χ0n) is 10.6. The number of nitrogens with zero attached hydrogens (tertiary/aromatic N) is 3. The monoisotopic (exact) mass is 243 g/mol. The highest BCUT2D eigenvalue weighted by Crippen LogP contribution is 2.17. The summed E-state index contributed by atoms with van der Waals surface area (Å²) in [5, 5.41) is 0. The Hall–Kier alpha value is -2.01. The van der Waals surface area contributed by atoms with E-state index in [-0.39, 0.29) is 0 Å². The van der Waals surface area contributed by atoms with Crippen molar-refractivity contribution in [2.75, 3.05) is 5.43 Å². The second-order valence-corrected chi connectivity index (χ2v) is 4.18. The average molecular weight is 243 g/mol. The van der Waals surface area contributed by atoms with Crippen LogP contribution in [0.1, 0.15) is 24.6 Å². The summed E-state index contributed by atoms with van der Waals surface area (Å²) in [6.45, 7) is 4.13. The number of nitrogens with one attached hydrogen (secondary N) is 1. The Balaban J connectivity index is 2.46. The van der Waals surface area contributed by atoms with Crippen LogP contribution < -0.4 is 11.3 Å². The van der Waals surface area contributed by atoms with Crippen molar-refractivity contribution >= 4 is 5.82 Å². The summed E-state index contributed by atoms with van der Waals surface area (Å²) in [5.41, 5.74) is 5.44. The van der Waals surface area contributed by atoms with Gasteiger partial charge in [0.1, 0.15) is 11.5 Å². The van der Waals surface area contributed by atoms with Gasteiger partial charge in [-0.1, -0.05) is 13.3 Å². The number of hydrazine groups is 1. The molecule has 0 aromatic carbocycles. The van der Waals surface area contributed by atoms with E-state index in [9.17, 15) is 0 Å². The largest absolute Gasteiger partial charge is 0.308 e. The molecule has 0 aliphatic rings. The summed E-state index contributed by atoms with van der Waals surface area (Å²) in [6, 6.07) is 5.77. The molecular weight excluding hydrogens is 226 g/mol. The van der Waals surface area contributed by atoms with Gasteiger partial charge in [-0.15, -0.1) is 0 Å². The fourth-order valence-electron chi connectivity index (χ4n) is 1.73. The van der Waals surface area contributed by atoms with Crippen LogP contribution in [0.25, 0.3) is 11.5 Å². The average Bonchev–Trinajstić information content (AvgIpc) is 2.39. The van der Waals surface area contributed by atoms with Gasteiger partial charge < -0.3 is 5.43 Å². The molecule has 3 N–H and O–H groups in total. The van der Waals surface area contributed by atoms with Crippen LogP contribution in [0.2, 0.25) is 0 Å². The predicted molar refractivity (Wildman–Crippen MR) is 71.8 cm³/mol. The van der Waals surface area contributed by atoms with E-state index in [1.54, 1.807) is 6.20 Å². The fourth-order valence-corrected chi connectivity index (χ4v) is 1.73. The Morgan fingerprint density at radius 3 is 2.78 bits per heavy atom. The molecule has 94 valence electrons. The molecule has 5 nitrogen and oxygen atoms in total.